The largest absolute Gasteiger partial charge is 0.481 e. The van der Waals surface area contributed by atoms with Gasteiger partial charge in [0, 0.05) is 24.3 Å². The van der Waals surface area contributed by atoms with Crippen LogP contribution in [0.2, 0.25) is 0 Å². The molecule has 0 bridgehead atoms. The van der Waals surface area contributed by atoms with Crippen LogP contribution in [-0.4, -0.2) is 33.9 Å². The summed E-state index contributed by atoms with van der Waals surface area (Å²) in [7, 11) is 0. The lowest BCUT2D eigenvalue weighted by Gasteiger charge is -2.22. The Hall–Kier alpha value is -1.52. The maximum atomic E-state index is 10.9. The molecule has 0 unspecified atom stereocenters. The molecule has 1 fully saturated rings. The Kier molecular flexibility index (Phi) is 2.38. The first-order chi connectivity index (χ1) is 7.09. The number of hydrogen-bond acceptors (Lipinski definition) is 3. The molecule has 15 heavy (non-hydrogen) atoms. The average Bonchev–Trinajstić information content (AvgIpc) is 2.71. The van der Waals surface area contributed by atoms with Crippen molar-refractivity contribution in [3.05, 3.63) is 11.8 Å². The van der Waals surface area contributed by atoms with E-state index in [1.165, 1.54) is 0 Å². The summed E-state index contributed by atoms with van der Waals surface area (Å²) in [5.74, 6) is -0.136. The molecule has 1 aromatic rings. The van der Waals surface area contributed by atoms with Gasteiger partial charge in [0.05, 0.1) is 5.92 Å². The van der Waals surface area contributed by atoms with Crippen LogP contribution >= 0.6 is 0 Å². The van der Waals surface area contributed by atoms with Crippen LogP contribution < -0.4 is 4.90 Å². The molecule has 0 aromatic carbocycles. The molecule has 0 radical (unpaired) electrons. The van der Waals surface area contributed by atoms with Crippen LogP contribution in [0.5, 0.6) is 0 Å². The van der Waals surface area contributed by atoms with Gasteiger partial charge in [0.15, 0.2) is 5.82 Å². The number of carbonyl (C=O) groups is 1. The highest BCUT2D eigenvalue weighted by molar-refractivity contribution is 5.72. The number of rotatable bonds is 2. The molecule has 2 atom stereocenters. The third-order valence-corrected chi connectivity index (χ3v) is 3.06. The van der Waals surface area contributed by atoms with Crippen molar-refractivity contribution in [2.45, 2.75) is 26.3 Å². The van der Waals surface area contributed by atoms with E-state index in [0.717, 1.165) is 18.1 Å². The summed E-state index contributed by atoms with van der Waals surface area (Å²) in [5.41, 5.74) is 0.996. The van der Waals surface area contributed by atoms with Gasteiger partial charge in [-0.3, -0.25) is 9.89 Å². The van der Waals surface area contributed by atoms with Gasteiger partial charge in [-0.25, -0.2) is 0 Å². The molecule has 1 aliphatic rings. The summed E-state index contributed by atoms with van der Waals surface area (Å²) in [4.78, 5) is 13.0. The molecule has 0 spiro atoms. The number of aromatic amines is 1. The fourth-order valence-electron chi connectivity index (χ4n) is 2.14. The van der Waals surface area contributed by atoms with Crippen molar-refractivity contribution < 1.29 is 9.90 Å². The molecule has 2 heterocycles. The van der Waals surface area contributed by atoms with Crippen LogP contribution in [0.25, 0.3) is 0 Å². The van der Waals surface area contributed by atoms with E-state index in [1.807, 2.05) is 24.8 Å². The van der Waals surface area contributed by atoms with E-state index in [4.69, 9.17) is 5.11 Å². The molecule has 2 rings (SSSR count). The summed E-state index contributed by atoms with van der Waals surface area (Å²) >= 11 is 0. The molecule has 2 N–H and O–H groups in total. The lowest BCUT2D eigenvalue weighted by molar-refractivity contribution is -0.141. The van der Waals surface area contributed by atoms with Gasteiger partial charge >= 0.3 is 5.97 Å². The van der Waals surface area contributed by atoms with Crippen molar-refractivity contribution >= 4 is 11.8 Å². The number of anilines is 1. The van der Waals surface area contributed by atoms with Crippen LogP contribution in [0.15, 0.2) is 6.07 Å². The molecular formula is C10H15N3O2. The normalized spacial score (nSPS) is 25.9. The second-order valence-electron chi connectivity index (χ2n) is 4.08. The van der Waals surface area contributed by atoms with E-state index in [9.17, 15) is 4.79 Å². The Labute approximate surface area is 88.1 Å². The predicted octanol–water partition coefficient (Wildman–Crippen LogP) is 1.02. The number of hydrogen-bond donors (Lipinski definition) is 2. The van der Waals surface area contributed by atoms with Crippen molar-refractivity contribution in [3.63, 3.8) is 0 Å². The van der Waals surface area contributed by atoms with E-state index in [0.29, 0.717) is 6.42 Å². The quantitative estimate of drug-likeness (QED) is 0.763. The van der Waals surface area contributed by atoms with Gasteiger partial charge in [-0.15, -0.1) is 0 Å². The summed E-state index contributed by atoms with van der Waals surface area (Å²) in [6.45, 7) is 4.64. The number of aliphatic carboxylic acids is 1. The van der Waals surface area contributed by atoms with Crippen molar-refractivity contribution in [3.8, 4) is 0 Å². The van der Waals surface area contributed by atoms with E-state index >= 15 is 0 Å². The number of H-pyrrole nitrogens is 1. The lowest BCUT2D eigenvalue weighted by Crippen LogP contribution is -2.33. The van der Waals surface area contributed by atoms with Gasteiger partial charge in [-0.1, -0.05) is 0 Å². The van der Waals surface area contributed by atoms with Crippen molar-refractivity contribution in [2.24, 2.45) is 5.92 Å². The minimum Gasteiger partial charge on any atom is -0.481 e. The third-order valence-electron chi connectivity index (χ3n) is 3.06. The van der Waals surface area contributed by atoms with Gasteiger partial charge < -0.3 is 10.0 Å². The Morgan fingerprint density at radius 2 is 2.47 bits per heavy atom. The van der Waals surface area contributed by atoms with Crippen LogP contribution in [0.4, 0.5) is 5.82 Å². The molecule has 0 amide bonds. The maximum Gasteiger partial charge on any atom is 0.308 e. The number of nitrogens with one attached hydrogen (secondary N) is 1. The van der Waals surface area contributed by atoms with Crippen molar-refractivity contribution in [1.82, 2.24) is 10.2 Å². The second kappa shape index (κ2) is 3.56. The van der Waals surface area contributed by atoms with Crippen molar-refractivity contribution in [1.29, 1.82) is 0 Å². The lowest BCUT2D eigenvalue weighted by atomic mass is 10.0. The van der Waals surface area contributed by atoms with Crippen molar-refractivity contribution in [2.75, 3.05) is 11.4 Å². The molecule has 5 nitrogen and oxygen atoms in total. The summed E-state index contributed by atoms with van der Waals surface area (Å²) in [6.07, 6.45) is 0.697. The standard InChI is InChI=1S/C10H15N3O2/c1-6-5-9(12-11-6)13-4-3-8(7(13)2)10(14)15/h5,7-8H,3-4H2,1-2H3,(H,11,12)(H,14,15)/t7-,8+/m1/s1. The second-order valence-corrected chi connectivity index (χ2v) is 4.08. The zero-order chi connectivity index (χ0) is 11.0. The highest BCUT2D eigenvalue weighted by atomic mass is 16.4. The molecule has 1 aliphatic heterocycles. The minimum atomic E-state index is -0.711. The molecule has 1 saturated heterocycles. The summed E-state index contributed by atoms with van der Waals surface area (Å²) in [5, 5.41) is 16.0. The highest BCUT2D eigenvalue weighted by Crippen LogP contribution is 2.28. The number of carboxylic acids is 1. The minimum absolute atomic E-state index is 0.0187. The Morgan fingerprint density at radius 3 is 2.93 bits per heavy atom. The Balaban J connectivity index is 2.16. The van der Waals surface area contributed by atoms with Gasteiger partial charge in [0.25, 0.3) is 0 Å². The molecule has 0 saturated carbocycles. The SMILES string of the molecule is Cc1cc(N2CC[C@H](C(=O)O)[C@H]2C)n[nH]1. The molecular weight excluding hydrogens is 194 g/mol. The first kappa shape index (κ1) is 10.0. The smallest absolute Gasteiger partial charge is 0.308 e. The first-order valence-corrected chi connectivity index (χ1v) is 5.11. The monoisotopic (exact) mass is 209 g/mol. The molecule has 5 heteroatoms. The first-order valence-electron chi connectivity index (χ1n) is 5.11. The van der Waals surface area contributed by atoms with Gasteiger partial charge in [-0.2, -0.15) is 5.10 Å². The fourth-order valence-corrected chi connectivity index (χ4v) is 2.14. The number of carboxylic acid groups (broad SMARTS) is 1. The molecule has 0 aliphatic carbocycles. The number of nitrogens with zero attached hydrogens (tertiary/aromatic N) is 2. The van der Waals surface area contributed by atoms with Gasteiger partial charge in [-0.05, 0) is 20.3 Å². The van der Waals surface area contributed by atoms with E-state index in [-0.39, 0.29) is 12.0 Å². The van der Waals surface area contributed by atoms with Gasteiger partial charge in [0.2, 0.25) is 0 Å². The predicted molar refractivity (Wildman–Crippen MR) is 55.9 cm³/mol. The van der Waals surface area contributed by atoms with E-state index < -0.39 is 5.97 Å². The maximum absolute atomic E-state index is 10.9. The van der Waals surface area contributed by atoms with Crippen LogP contribution in [-0.2, 0) is 4.79 Å². The molecule has 82 valence electrons. The fraction of sp³-hybridized carbons (Fsp3) is 0.600. The summed E-state index contributed by atoms with van der Waals surface area (Å²) in [6, 6.07) is 1.96. The number of aryl methyl sites for hydroxylation is 1. The topological polar surface area (TPSA) is 69.2 Å². The van der Waals surface area contributed by atoms with Crippen LogP contribution in [0, 0.1) is 12.8 Å². The zero-order valence-corrected chi connectivity index (χ0v) is 8.90. The molecule has 1 aromatic heterocycles. The van der Waals surface area contributed by atoms with Gasteiger partial charge in [0.1, 0.15) is 0 Å². The summed E-state index contributed by atoms with van der Waals surface area (Å²) < 4.78 is 0. The highest BCUT2D eigenvalue weighted by Gasteiger charge is 2.36. The number of aromatic nitrogens is 2. The third kappa shape index (κ3) is 1.69. The van der Waals surface area contributed by atoms with Crippen LogP contribution in [0.1, 0.15) is 19.0 Å². The van der Waals surface area contributed by atoms with E-state index in [1.54, 1.807) is 0 Å². The average molecular weight is 209 g/mol. The van der Waals surface area contributed by atoms with Crippen LogP contribution in [0.3, 0.4) is 0 Å². The Bertz CT molecular complexity index is 374. The van der Waals surface area contributed by atoms with E-state index in [2.05, 4.69) is 10.2 Å². The Morgan fingerprint density at radius 1 is 1.73 bits per heavy atom. The zero-order valence-electron chi connectivity index (χ0n) is 8.90.